The maximum Gasteiger partial charge on any atom is 0.173 e. The average Bonchev–Trinajstić information content (AvgIpc) is 2.65. The van der Waals surface area contributed by atoms with E-state index in [0.717, 1.165) is 71.9 Å². The van der Waals surface area contributed by atoms with Crippen molar-refractivity contribution in [1.29, 1.82) is 0 Å². The van der Waals surface area contributed by atoms with E-state index in [2.05, 4.69) is 14.9 Å². The fourth-order valence-corrected chi connectivity index (χ4v) is 3.81. The van der Waals surface area contributed by atoms with Crippen LogP contribution in [-0.2, 0) is 19.5 Å². The van der Waals surface area contributed by atoms with Crippen molar-refractivity contribution in [3.05, 3.63) is 57.1 Å². The molecule has 0 spiro atoms. The molecular weight excluding hydrogens is 355 g/mol. The molecule has 0 saturated carbocycles. The van der Waals surface area contributed by atoms with Crippen molar-refractivity contribution < 1.29 is 0 Å². The quantitative estimate of drug-likeness (QED) is 0.803. The summed E-state index contributed by atoms with van der Waals surface area (Å²) in [7, 11) is 0. The molecule has 0 aliphatic carbocycles. The van der Waals surface area contributed by atoms with Crippen molar-refractivity contribution in [3.63, 3.8) is 0 Å². The van der Waals surface area contributed by atoms with Crippen LogP contribution in [0.3, 0.4) is 0 Å². The molecule has 0 N–H and O–H groups in total. The molecule has 0 bridgehead atoms. The molecule has 130 valence electrons. The molecule has 0 atom stereocenters. The first kappa shape index (κ1) is 17.0. The summed E-state index contributed by atoms with van der Waals surface area (Å²) < 4.78 is 0. The molecule has 0 amide bonds. The minimum Gasteiger partial charge on any atom is -0.294 e. The van der Waals surface area contributed by atoms with Gasteiger partial charge in [0.2, 0.25) is 0 Å². The average molecular weight is 375 g/mol. The van der Waals surface area contributed by atoms with Gasteiger partial charge in [-0.25, -0.2) is 9.97 Å². The summed E-state index contributed by atoms with van der Waals surface area (Å²) in [5, 5.41) is 1.48. The summed E-state index contributed by atoms with van der Waals surface area (Å²) in [4.78, 5) is 16.3. The van der Waals surface area contributed by atoms with Gasteiger partial charge in [0.05, 0.1) is 11.4 Å². The Balaban J connectivity index is 1.50. The lowest BCUT2D eigenvalue weighted by Gasteiger charge is -2.28. The highest BCUT2D eigenvalue weighted by molar-refractivity contribution is 6.33. The van der Waals surface area contributed by atoms with Crippen molar-refractivity contribution in [1.82, 2.24) is 14.9 Å². The molecule has 2 aliphatic rings. The van der Waals surface area contributed by atoms with Gasteiger partial charge in [0.25, 0.3) is 0 Å². The monoisotopic (exact) mass is 374 g/mol. The summed E-state index contributed by atoms with van der Waals surface area (Å²) in [6.45, 7) is 3.49. The van der Waals surface area contributed by atoms with Crippen molar-refractivity contribution in [2.24, 2.45) is 4.99 Å². The maximum atomic E-state index is 6.30. The van der Waals surface area contributed by atoms with E-state index in [4.69, 9.17) is 28.2 Å². The molecular formula is C19H20Cl2N4. The number of hydrogen-bond donors (Lipinski definition) is 0. The SMILES string of the molecule is Clc1ccc(Cl)c(CN2CCc3nc(C4=NCCCC4)ncc3C2)c1. The number of fused-ring (bicyclic) bond motifs is 1. The van der Waals surface area contributed by atoms with Gasteiger partial charge in [-0.3, -0.25) is 9.89 Å². The van der Waals surface area contributed by atoms with Gasteiger partial charge in [-0.15, -0.1) is 0 Å². The molecule has 4 nitrogen and oxygen atoms in total. The molecule has 0 unspecified atom stereocenters. The van der Waals surface area contributed by atoms with Gasteiger partial charge in [-0.1, -0.05) is 23.2 Å². The zero-order chi connectivity index (χ0) is 17.2. The predicted molar refractivity (Wildman–Crippen MR) is 102 cm³/mol. The highest BCUT2D eigenvalue weighted by Crippen LogP contribution is 2.25. The maximum absolute atomic E-state index is 6.30. The van der Waals surface area contributed by atoms with Crippen molar-refractivity contribution in [2.45, 2.75) is 38.8 Å². The fourth-order valence-electron chi connectivity index (χ4n) is 3.43. The van der Waals surface area contributed by atoms with Gasteiger partial charge in [0.1, 0.15) is 0 Å². The van der Waals surface area contributed by atoms with Crippen LogP contribution in [0.1, 0.15) is 41.9 Å². The summed E-state index contributed by atoms with van der Waals surface area (Å²) in [5.41, 5.74) is 4.49. The van der Waals surface area contributed by atoms with Crippen LogP contribution in [0.4, 0.5) is 0 Å². The molecule has 0 saturated heterocycles. The van der Waals surface area contributed by atoms with E-state index in [-0.39, 0.29) is 0 Å². The van der Waals surface area contributed by atoms with Gasteiger partial charge in [-0.05, 0) is 43.0 Å². The Labute approximate surface area is 157 Å². The molecule has 25 heavy (non-hydrogen) atoms. The number of benzene rings is 1. The van der Waals surface area contributed by atoms with Crippen molar-refractivity contribution in [3.8, 4) is 0 Å². The second-order valence-electron chi connectivity index (χ2n) is 6.65. The Morgan fingerprint density at radius 1 is 1.12 bits per heavy atom. The third-order valence-electron chi connectivity index (χ3n) is 4.80. The Kier molecular flexibility index (Phi) is 5.02. The standard InChI is InChI=1S/C19H20Cl2N4/c20-15-4-5-16(21)13(9-15)11-25-8-6-17-14(12-25)10-23-19(24-17)18-3-1-2-7-22-18/h4-5,9-10H,1-3,6-8,11-12H2. The third kappa shape index (κ3) is 3.86. The molecule has 3 heterocycles. The highest BCUT2D eigenvalue weighted by Gasteiger charge is 2.21. The van der Waals surface area contributed by atoms with E-state index in [1.165, 1.54) is 18.4 Å². The summed E-state index contributed by atoms with van der Waals surface area (Å²) in [5.74, 6) is 0.824. The van der Waals surface area contributed by atoms with E-state index < -0.39 is 0 Å². The van der Waals surface area contributed by atoms with Crippen LogP contribution in [-0.4, -0.2) is 33.7 Å². The Bertz CT molecular complexity index is 819. The molecule has 4 rings (SSSR count). The number of aromatic nitrogens is 2. The van der Waals surface area contributed by atoms with Gasteiger partial charge in [0.15, 0.2) is 5.82 Å². The van der Waals surface area contributed by atoms with Crippen molar-refractivity contribution in [2.75, 3.05) is 13.1 Å². The van der Waals surface area contributed by atoms with Gasteiger partial charge in [0, 0.05) is 54.4 Å². The van der Waals surface area contributed by atoms with E-state index in [1.807, 2.05) is 24.4 Å². The first-order chi connectivity index (χ1) is 12.2. The fraction of sp³-hybridized carbons (Fsp3) is 0.421. The molecule has 0 radical (unpaired) electrons. The van der Waals surface area contributed by atoms with Crippen LogP contribution < -0.4 is 0 Å². The van der Waals surface area contributed by atoms with E-state index >= 15 is 0 Å². The minimum atomic E-state index is 0.720. The second-order valence-corrected chi connectivity index (χ2v) is 7.49. The van der Waals surface area contributed by atoms with E-state index in [0.29, 0.717) is 0 Å². The smallest absolute Gasteiger partial charge is 0.173 e. The van der Waals surface area contributed by atoms with Crippen LogP contribution in [0.15, 0.2) is 29.4 Å². The summed E-state index contributed by atoms with van der Waals surface area (Å²) in [6.07, 6.45) is 6.26. The second kappa shape index (κ2) is 7.40. The molecule has 6 heteroatoms. The Morgan fingerprint density at radius 3 is 2.88 bits per heavy atom. The third-order valence-corrected chi connectivity index (χ3v) is 5.40. The lowest BCUT2D eigenvalue weighted by molar-refractivity contribution is 0.243. The van der Waals surface area contributed by atoms with Gasteiger partial charge in [-0.2, -0.15) is 0 Å². The first-order valence-corrected chi connectivity index (χ1v) is 9.49. The van der Waals surface area contributed by atoms with Crippen LogP contribution in [0, 0.1) is 0 Å². The highest BCUT2D eigenvalue weighted by atomic mass is 35.5. The molecule has 0 fully saturated rings. The molecule has 2 aromatic rings. The van der Waals surface area contributed by atoms with Crippen molar-refractivity contribution >= 4 is 28.9 Å². The number of aliphatic imine (C=N–C) groups is 1. The van der Waals surface area contributed by atoms with Crippen LogP contribution in [0.25, 0.3) is 0 Å². The minimum absolute atomic E-state index is 0.720. The zero-order valence-electron chi connectivity index (χ0n) is 14.0. The zero-order valence-corrected chi connectivity index (χ0v) is 15.5. The number of rotatable bonds is 3. The normalized spacial score (nSPS) is 17.9. The summed E-state index contributed by atoms with van der Waals surface area (Å²) >= 11 is 12.4. The molecule has 1 aromatic heterocycles. The largest absolute Gasteiger partial charge is 0.294 e. The number of halogens is 2. The van der Waals surface area contributed by atoms with Gasteiger partial charge < -0.3 is 0 Å². The molecule has 2 aliphatic heterocycles. The Morgan fingerprint density at radius 2 is 2.04 bits per heavy atom. The van der Waals surface area contributed by atoms with Gasteiger partial charge >= 0.3 is 0 Å². The lowest BCUT2D eigenvalue weighted by Crippen LogP contribution is -2.31. The summed E-state index contributed by atoms with van der Waals surface area (Å²) in [6, 6.07) is 5.62. The lowest BCUT2D eigenvalue weighted by atomic mass is 10.0. The Hall–Kier alpha value is -1.49. The first-order valence-electron chi connectivity index (χ1n) is 8.74. The van der Waals surface area contributed by atoms with Crippen LogP contribution in [0.5, 0.6) is 0 Å². The molecule has 1 aromatic carbocycles. The van der Waals surface area contributed by atoms with Crippen LogP contribution in [0.2, 0.25) is 10.0 Å². The topological polar surface area (TPSA) is 41.4 Å². The number of hydrogen-bond acceptors (Lipinski definition) is 4. The van der Waals surface area contributed by atoms with Crippen LogP contribution >= 0.6 is 23.2 Å². The van der Waals surface area contributed by atoms with E-state index in [1.54, 1.807) is 0 Å². The van der Waals surface area contributed by atoms with E-state index in [9.17, 15) is 0 Å². The predicted octanol–water partition coefficient (Wildman–Crippen LogP) is 4.31. The number of nitrogens with zero attached hydrogens (tertiary/aromatic N) is 4.